The average molecular weight is 383 g/mol. The molecule has 132 valence electrons. The summed E-state index contributed by atoms with van der Waals surface area (Å²) in [6.45, 7) is 5.41. The number of carbonyl (C=O) groups excluding carboxylic acids is 1. The summed E-state index contributed by atoms with van der Waals surface area (Å²) in [5, 5.41) is 7.35. The first-order valence-corrected chi connectivity index (χ1v) is 8.25. The van der Waals surface area contributed by atoms with Gasteiger partial charge in [-0.25, -0.2) is 0 Å². The lowest BCUT2D eigenvalue weighted by atomic mass is 9.76. The third kappa shape index (κ3) is 4.54. The highest BCUT2D eigenvalue weighted by atomic mass is 35.5. The molecule has 0 radical (unpaired) electrons. The van der Waals surface area contributed by atoms with E-state index in [1.165, 1.54) is 16.4 Å². The Labute approximate surface area is 153 Å². The van der Waals surface area contributed by atoms with Gasteiger partial charge < -0.3 is 10.1 Å². The maximum atomic E-state index is 12.2. The van der Waals surface area contributed by atoms with Crippen molar-refractivity contribution >= 4 is 42.3 Å². The van der Waals surface area contributed by atoms with Gasteiger partial charge in [-0.15, -0.1) is 29.9 Å². The number of cyclic esters (lactones) is 1. The summed E-state index contributed by atoms with van der Waals surface area (Å²) in [6.07, 6.45) is 2.69. The first-order chi connectivity index (χ1) is 10.1. The number of aromatic nitrogens is 2. The second kappa shape index (κ2) is 8.58. The number of piperidine rings is 1. The van der Waals surface area contributed by atoms with Crippen molar-refractivity contribution < 1.29 is 9.53 Å². The van der Waals surface area contributed by atoms with Crippen LogP contribution in [0.25, 0.3) is 0 Å². The van der Waals surface area contributed by atoms with Crippen molar-refractivity contribution in [2.75, 3.05) is 26.7 Å². The van der Waals surface area contributed by atoms with Crippen LogP contribution in [0.3, 0.4) is 0 Å². The maximum Gasteiger partial charge on any atom is 0.312 e. The fourth-order valence-electron chi connectivity index (χ4n) is 3.31. The van der Waals surface area contributed by atoms with Gasteiger partial charge in [0.05, 0.1) is 16.0 Å². The first kappa shape index (κ1) is 20.6. The molecule has 2 fully saturated rings. The lowest BCUT2D eigenvalue weighted by Crippen LogP contribution is -2.39. The Morgan fingerprint density at radius 3 is 2.70 bits per heavy atom. The Hall–Kier alpha value is -0.470. The smallest absolute Gasteiger partial charge is 0.312 e. The van der Waals surface area contributed by atoms with Gasteiger partial charge in [0.2, 0.25) is 0 Å². The van der Waals surface area contributed by atoms with Crippen molar-refractivity contribution in [2.45, 2.75) is 38.8 Å². The molecule has 0 saturated carbocycles. The zero-order chi connectivity index (χ0) is 14.9. The highest BCUT2D eigenvalue weighted by molar-refractivity contribution is 7.05. The highest BCUT2D eigenvalue weighted by Crippen LogP contribution is 2.41. The standard InChI is InChI=1S/C14H22N4O2S.2ClH/c1-10-12(21-17-16-10)9-18(2)8-11-7-14(13(19)20-11)3-5-15-6-4-14;;/h11,15H,3-9H2,1-2H3;2*1H. The van der Waals surface area contributed by atoms with Gasteiger partial charge in [0, 0.05) is 19.5 Å². The molecule has 3 rings (SSSR count). The number of nitrogens with zero attached hydrogens (tertiary/aromatic N) is 3. The van der Waals surface area contributed by atoms with Gasteiger partial charge in [0.25, 0.3) is 0 Å². The van der Waals surface area contributed by atoms with Crippen LogP contribution < -0.4 is 5.32 Å². The Morgan fingerprint density at radius 2 is 2.09 bits per heavy atom. The van der Waals surface area contributed by atoms with Crippen molar-refractivity contribution in [1.82, 2.24) is 19.8 Å². The summed E-state index contributed by atoms with van der Waals surface area (Å²) in [6, 6.07) is 0. The van der Waals surface area contributed by atoms with E-state index >= 15 is 0 Å². The summed E-state index contributed by atoms with van der Waals surface area (Å²) in [7, 11) is 2.06. The molecule has 3 heterocycles. The Balaban J connectivity index is 0.00000132. The van der Waals surface area contributed by atoms with Crippen molar-refractivity contribution in [3.8, 4) is 0 Å². The van der Waals surface area contributed by atoms with Crippen LogP contribution >= 0.6 is 36.3 Å². The summed E-state index contributed by atoms with van der Waals surface area (Å²) in [4.78, 5) is 15.6. The predicted molar refractivity (Wildman–Crippen MR) is 94.5 cm³/mol. The Morgan fingerprint density at radius 1 is 1.39 bits per heavy atom. The van der Waals surface area contributed by atoms with Crippen LogP contribution in [0.15, 0.2) is 0 Å². The molecule has 2 saturated heterocycles. The molecule has 0 aliphatic carbocycles. The van der Waals surface area contributed by atoms with Crippen molar-refractivity contribution in [2.24, 2.45) is 5.41 Å². The average Bonchev–Trinajstić information content (AvgIpc) is 2.96. The third-order valence-electron chi connectivity index (χ3n) is 4.56. The molecule has 1 aromatic heterocycles. The monoisotopic (exact) mass is 382 g/mol. The van der Waals surface area contributed by atoms with Crippen LogP contribution in [-0.2, 0) is 16.1 Å². The van der Waals surface area contributed by atoms with Gasteiger partial charge >= 0.3 is 5.97 Å². The molecule has 1 spiro atoms. The van der Waals surface area contributed by atoms with E-state index < -0.39 is 0 Å². The minimum absolute atomic E-state index is 0. The predicted octanol–water partition coefficient (Wildman–Crippen LogP) is 1.81. The fourth-order valence-corrected chi connectivity index (χ4v) is 4.02. The van der Waals surface area contributed by atoms with Crippen LogP contribution in [0.1, 0.15) is 29.8 Å². The number of ether oxygens (including phenoxy) is 1. The van der Waals surface area contributed by atoms with Crippen molar-refractivity contribution in [3.63, 3.8) is 0 Å². The molecular weight excluding hydrogens is 359 g/mol. The Bertz CT molecular complexity index is 523. The van der Waals surface area contributed by atoms with E-state index in [1.807, 2.05) is 6.92 Å². The molecule has 2 aliphatic rings. The van der Waals surface area contributed by atoms with Crippen LogP contribution in [-0.4, -0.2) is 53.2 Å². The summed E-state index contributed by atoms with van der Waals surface area (Å²) < 4.78 is 9.60. The molecule has 0 amide bonds. The number of halogens is 2. The molecule has 23 heavy (non-hydrogen) atoms. The molecule has 9 heteroatoms. The second-order valence-corrected chi connectivity index (χ2v) is 7.08. The zero-order valence-electron chi connectivity index (χ0n) is 13.4. The van der Waals surface area contributed by atoms with Gasteiger partial charge in [-0.3, -0.25) is 9.69 Å². The normalized spacial score (nSPS) is 22.6. The molecule has 1 unspecified atom stereocenters. The van der Waals surface area contributed by atoms with Gasteiger partial charge in [-0.1, -0.05) is 4.49 Å². The summed E-state index contributed by atoms with van der Waals surface area (Å²) in [5.41, 5.74) is 0.767. The second-order valence-electron chi connectivity index (χ2n) is 6.24. The zero-order valence-corrected chi connectivity index (χ0v) is 15.9. The van der Waals surface area contributed by atoms with Crippen molar-refractivity contribution in [3.05, 3.63) is 10.6 Å². The molecule has 1 N–H and O–H groups in total. The number of likely N-dealkylation sites (N-methyl/N-ethyl adjacent to an activating group) is 1. The number of nitrogens with one attached hydrogen (secondary N) is 1. The molecule has 0 aromatic carbocycles. The number of aryl methyl sites for hydroxylation is 1. The molecule has 1 aromatic rings. The number of esters is 1. The molecule has 1 atom stereocenters. The van der Waals surface area contributed by atoms with Crippen LogP contribution in [0.2, 0.25) is 0 Å². The fraction of sp³-hybridized carbons (Fsp3) is 0.786. The van der Waals surface area contributed by atoms with E-state index in [0.717, 1.165) is 51.1 Å². The van der Waals surface area contributed by atoms with Crippen LogP contribution in [0, 0.1) is 12.3 Å². The minimum atomic E-state index is -0.223. The summed E-state index contributed by atoms with van der Waals surface area (Å²) >= 11 is 1.44. The number of hydrogen-bond donors (Lipinski definition) is 1. The third-order valence-corrected chi connectivity index (χ3v) is 5.37. The summed E-state index contributed by atoms with van der Waals surface area (Å²) in [5.74, 6) is 0.0121. The van der Waals surface area contributed by atoms with Crippen LogP contribution in [0.4, 0.5) is 0 Å². The number of hydrogen-bond acceptors (Lipinski definition) is 7. The van der Waals surface area contributed by atoms with E-state index in [9.17, 15) is 4.79 Å². The molecule has 6 nitrogen and oxygen atoms in total. The maximum absolute atomic E-state index is 12.2. The molecular formula is C14H24Cl2N4O2S. The van der Waals surface area contributed by atoms with Gasteiger partial charge in [0.1, 0.15) is 6.10 Å². The number of rotatable bonds is 4. The van der Waals surface area contributed by atoms with E-state index in [1.54, 1.807) is 0 Å². The lowest BCUT2D eigenvalue weighted by Gasteiger charge is -2.29. The lowest BCUT2D eigenvalue weighted by molar-refractivity contribution is -0.150. The first-order valence-electron chi connectivity index (χ1n) is 7.47. The topological polar surface area (TPSA) is 67.4 Å². The van der Waals surface area contributed by atoms with E-state index in [2.05, 4.69) is 26.9 Å². The Kier molecular flexibility index (Phi) is 7.67. The molecule has 2 aliphatic heterocycles. The van der Waals surface area contributed by atoms with Crippen LogP contribution in [0.5, 0.6) is 0 Å². The largest absolute Gasteiger partial charge is 0.461 e. The van der Waals surface area contributed by atoms with E-state index in [-0.39, 0.29) is 42.3 Å². The van der Waals surface area contributed by atoms with Gasteiger partial charge in [0.15, 0.2) is 0 Å². The molecule has 0 bridgehead atoms. The van der Waals surface area contributed by atoms with Gasteiger partial charge in [-0.2, -0.15) is 0 Å². The van der Waals surface area contributed by atoms with Gasteiger partial charge in [-0.05, 0) is 51.4 Å². The minimum Gasteiger partial charge on any atom is -0.461 e. The SMILES string of the molecule is Cc1nnsc1CN(C)CC1CC2(CCNCC2)C(=O)O1.Cl.Cl. The highest BCUT2D eigenvalue weighted by Gasteiger charge is 2.49. The van der Waals surface area contributed by atoms with E-state index in [0.29, 0.717) is 0 Å². The van der Waals surface area contributed by atoms with Crippen molar-refractivity contribution in [1.29, 1.82) is 0 Å². The van der Waals surface area contributed by atoms with E-state index in [4.69, 9.17) is 4.74 Å². The number of carbonyl (C=O) groups is 1. The quantitative estimate of drug-likeness (QED) is 0.800.